The second kappa shape index (κ2) is 9.45. The molecule has 0 N–H and O–H groups in total. The molecule has 0 radical (unpaired) electrons. The van der Waals surface area contributed by atoms with Crippen LogP contribution in [0.15, 0.2) is 53.6 Å². The van der Waals surface area contributed by atoms with E-state index in [2.05, 4.69) is 72.5 Å². The van der Waals surface area contributed by atoms with Crippen molar-refractivity contribution < 1.29 is 14.3 Å². The van der Waals surface area contributed by atoms with Gasteiger partial charge < -0.3 is 4.74 Å². The van der Waals surface area contributed by atoms with Crippen LogP contribution < -0.4 is 0 Å². The summed E-state index contributed by atoms with van der Waals surface area (Å²) in [6.45, 7) is 16.6. The Morgan fingerprint density at radius 3 is 2.26 bits per heavy atom. The third-order valence-electron chi connectivity index (χ3n) is 13.7. The van der Waals surface area contributed by atoms with Crippen LogP contribution in [0.2, 0.25) is 0 Å². The summed E-state index contributed by atoms with van der Waals surface area (Å²) < 4.78 is 5.53. The van der Waals surface area contributed by atoms with E-state index in [1.165, 1.54) is 5.57 Å². The summed E-state index contributed by atoms with van der Waals surface area (Å²) in [5.41, 5.74) is 2.46. The van der Waals surface area contributed by atoms with Crippen LogP contribution in [0.5, 0.6) is 0 Å². The molecule has 3 heteroatoms. The highest BCUT2D eigenvalue weighted by Gasteiger charge is 2.69. The molecule has 0 bridgehead atoms. The maximum Gasteiger partial charge on any atom is 0.312 e. The predicted octanol–water partition coefficient (Wildman–Crippen LogP) is 8.73. The third-order valence-corrected chi connectivity index (χ3v) is 13.7. The van der Waals surface area contributed by atoms with Crippen LogP contribution in [0.1, 0.15) is 105 Å². The van der Waals surface area contributed by atoms with E-state index in [0.29, 0.717) is 11.5 Å². The van der Waals surface area contributed by atoms with Crippen molar-refractivity contribution in [2.45, 2.75) is 99.8 Å². The average Bonchev–Trinajstić information content (AvgIpc) is 2.94. The molecule has 3 nitrogen and oxygen atoms in total. The lowest BCUT2D eigenvalue weighted by atomic mass is 9.34. The van der Waals surface area contributed by atoms with Crippen molar-refractivity contribution >= 4 is 11.8 Å². The van der Waals surface area contributed by atoms with Crippen molar-refractivity contribution in [3.8, 4) is 11.8 Å². The first-order valence-electron chi connectivity index (χ1n) is 16.3. The molecular formula is C39H50O3. The number of Topliss-reactive ketones (excluding diaryl/α,β-unsaturated/α-hetero) is 1. The summed E-state index contributed by atoms with van der Waals surface area (Å²) in [6.07, 6.45) is 13.0. The maximum absolute atomic E-state index is 13.9. The summed E-state index contributed by atoms with van der Waals surface area (Å²) in [5.74, 6) is 7.76. The maximum atomic E-state index is 13.9. The highest BCUT2D eigenvalue weighted by Crippen LogP contribution is 2.75. The summed E-state index contributed by atoms with van der Waals surface area (Å²) in [6, 6.07) is 10.00. The molecule has 0 saturated heterocycles. The van der Waals surface area contributed by atoms with Gasteiger partial charge in [-0.2, -0.15) is 0 Å². The molecule has 0 aliphatic heterocycles. The Hall–Kier alpha value is -2.60. The van der Waals surface area contributed by atoms with Gasteiger partial charge in [0.2, 0.25) is 0 Å². The molecule has 1 aromatic carbocycles. The molecule has 0 unspecified atom stereocenters. The summed E-state index contributed by atoms with van der Waals surface area (Å²) in [7, 11) is 1.58. The zero-order chi connectivity index (χ0) is 30.3. The van der Waals surface area contributed by atoms with Gasteiger partial charge in [0, 0.05) is 11.0 Å². The summed E-state index contributed by atoms with van der Waals surface area (Å²) in [4.78, 5) is 27.4. The first-order valence-corrected chi connectivity index (χ1v) is 16.3. The van der Waals surface area contributed by atoms with Crippen LogP contribution in [-0.2, 0) is 14.3 Å². The third kappa shape index (κ3) is 3.92. The molecule has 0 aromatic heterocycles. The number of benzene rings is 1. The molecule has 224 valence electrons. The van der Waals surface area contributed by atoms with Crippen LogP contribution in [-0.4, -0.2) is 18.9 Å². The molecule has 6 rings (SSSR count). The van der Waals surface area contributed by atoms with Gasteiger partial charge in [-0.3, -0.25) is 9.59 Å². The van der Waals surface area contributed by atoms with Crippen LogP contribution in [0, 0.1) is 62.1 Å². The first kappa shape index (κ1) is 29.5. The molecule has 1 aromatic rings. The van der Waals surface area contributed by atoms with Crippen molar-refractivity contribution in [2.24, 2.45) is 50.2 Å². The number of allylic oxidation sites excluding steroid dienone is 4. The summed E-state index contributed by atoms with van der Waals surface area (Å²) in [5, 5.41) is 0. The van der Waals surface area contributed by atoms with Crippen LogP contribution >= 0.6 is 0 Å². The van der Waals surface area contributed by atoms with E-state index < -0.39 is 5.41 Å². The van der Waals surface area contributed by atoms with Crippen molar-refractivity contribution in [2.75, 3.05) is 7.11 Å². The van der Waals surface area contributed by atoms with E-state index in [9.17, 15) is 9.59 Å². The standard InChI is InChI=1S/C39H50O3/c1-34(2)20-22-39(33(41)42-8)23-21-37(6)28(29(39)25-34)16-17-31-36(5)24-27(15-14-26-12-10-9-11-13-26)32(40)35(3,4)30(36)18-19-38(31,37)7/h9-13,16,24,29-31H,17-23,25H2,1-8H3/t29-,30-,31+,36-,37+,38+,39-/m0/s1. The van der Waals surface area contributed by atoms with E-state index in [1.807, 2.05) is 30.3 Å². The highest BCUT2D eigenvalue weighted by atomic mass is 16.5. The zero-order valence-corrected chi connectivity index (χ0v) is 27.2. The van der Waals surface area contributed by atoms with Crippen molar-refractivity contribution in [1.82, 2.24) is 0 Å². The minimum atomic E-state index is -0.462. The predicted molar refractivity (Wildman–Crippen MR) is 168 cm³/mol. The lowest BCUT2D eigenvalue weighted by molar-refractivity contribution is -0.177. The number of hydrogen-bond donors (Lipinski definition) is 0. The summed E-state index contributed by atoms with van der Waals surface area (Å²) >= 11 is 0. The van der Waals surface area contributed by atoms with Crippen molar-refractivity contribution in [1.29, 1.82) is 0 Å². The van der Waals surface area contributed by atoms with Crippen molar-refractivity contribution in [3.05, 3.63) is 59.2 Å². The lowest BCUT2D eigenvalue weighted by Gasteiger charge is -2.69. The Labute approximate surface area is 254 Å². The number of carbonyl (C=O) groups excluding carboxylic acids is 2. The van der Waals surface area contributed by atoms with Crippen molar-refractivity contribution in [3.63, 3.8) is 0 Å². The number of ether oxygens (including phenoxy) is 1. The lowest BCUT2D eigenvalue weighted by Crippen LogP contribution is -2.64. The van der Waals surface area contributed by atoms with Crippen LogP contribution in [0.4, 0.5) is 0 Å². The van der Waals surface area contributed by atoms with Gasteiger partial charge in [-0.1, -0.05) is 96.2 Å². The molecular weight excluding hydrogens is 516 g/mol. The minimum absolute atomic E-state index is 0.00556. The number of fused-ring (bicyclic) bond motifs is 7. The molecule has 5 aliphatic carbocycles. The van der Waals surface area contributed by atoms with Gasteiger partial charge in [0.25, 0.3) is 0 Å². The number of ketones is 1. The minimum Gasteiger partial charge on any atom is -0.469 e. The second-order valence-corrected chi connectivity index (χ2v) is 16.4. The Kier molecular flexibility index (Phi) is 6.63. The SMILES string of the molecule is COC(=O)[C@]12CCC(C)(C)C[C@H]1C1=CC[C@@H]3[C@@]4(C)C=C(C#Cc5ccccc5)C(=O)C(C)(C)[C@@H]4CC[C@@]3(C)[C@]1(C)CC2. The monoisotopic (exact) mass is 566 g/mol. The van der Waals surface area contributed by atoms with Gasteiger partial charge in [0.05, 0.1) is 18.1 Å². The molecule has 0 spiro atoms. The second-order valence-electron chi connectivity index (χ2n) is 16.4. The molecule has 42 heavy (non-hydrogen) atoms. The Morgan fingerprint density at radius 1 is 0.881 bits per heavy atom. The molecule has 3 saturated carbocycles. The number of carbonyl (C=O) groups is 2. The fraction of sp³-hybridized carbons (Fsp3) is 0.641. The van der Waals surface area contributed by atoms with Gasteiger partial charge in [0.1, 0.15) is 0 Å². The van der Waals surface area contributed by atoms with E-state index in [4.69, 9.17) is 4.74 Å². The molecule has 3 fully saturated rings. The van der Waals surface area contributed by atoms with Gasteiger partial charge >= 0.3 is 5.97 Å². The topological polar surface area (TPSA) is 43.4 Å². The number of methoxy groups -OCH3 is 1. The van der Waals surface area contributed by atoms with Gasteiger partial charge in [-0.25, -0.2) is 0 Å². The fourth-order valence-corrected chi connectivity index (χ4v) is 11.1. The Bertz CT molecular complexity index is 1430. The van der Waals surface area contributed by atoms with Gasteiger partial charge in [0.15, 0.2) is 5.78 Å². The van der Waals surface area contributed by atoms with E-state index in [-0.39, 0.29) is 50.7 Å². The average molecular weight is 567 g/mol. The van der Waals surface area contributed by atoms with Gasteiger partial charge in [-0.05, 0) is 103 Å². The quantitative estimate of drug-likeness (QED) is 0.194. The highest BCUT2D eigenvalue weighted by molar-refractivity contribution is 6.04. The Balaban J connectivity index is 1.46. The van der Waals surface area contributed by atoms with Crippen LogP contribution in [0.25, 0.3) is 0 Å². The molecule has 7 atom stereocenters. The van der Waals surface area contributed by atoms with E-state index in [1.54, 1.807) is 7.11 Å². The number of esters is 1. The zero-order valence-electron chi connectivity index (χ0n) is 27.2. The number of hydrogen-bond acceptors (Lipinski definition) is 3. The molecule has 5 aliphatic rings. The van der Waals surface area contributed by atoms with Gasteiger partial charge in [-0.15, -0.1) is 0 Å². The number of rotatable bonds is 1. The van der Waals surface area contributed by atoms with E-state index in [0.717, 1.165) is 56.9 Å². The fourth-order valence-electron chi connectivity index (χ4n) is 11.1. The molecule has 0 heterocycles. The first-order chi connectivity index (χ1) is 19.6. The Morgan fingerprint density at radius 2 is 1.57 bits per heavy atom. The largest absolute Gasteiger partial charge is 0.469 e. The normalized spacial score (nSPS) is 41.3. The smallest absolute Gasteiger partial charge is 0.312 e. The van der Waals surface area contributed by atoms with Crippen LogP contribution in [0.3, 0.4) is 0 Å². The van der Waals surface area contributed by atoms with E-state index >= 15 is 0 Å². The molecule has 0 amide bonds.